The molecular weight excluding hydrogens is 278 g/mol. The van der Waals surface area contributed by atoms with Crippen LogP contribution in [0.3, 0.4) is 0 Å². The number of aryl methyl sites for hydroxylation is 1. The van der Waals surface area contributed by atoms with Crippen molar-refractivity contribution in [1.29, 1.82) is 0 Å². The van der Waals surface area contributed by atoms with Crippen molar-refractivity contribution < 1.29 is 0 Å². The Kier molecular flexibility index (Phi) is 4.68. The summed E-state index contributed by atoms with van der Waals surface area (Å²) in [6.45, 7) is 7.49. The first-order valence-corrected chi connectivity index (χ1v) is 8.51. The van der Waals surface area contributed by atoms with E-state index in [1.807, 2.05) is 17.5 Å². The summed E-state index contributed by atoms with van der Waals surface area (Å²) >= 11 is 1.82. The summed E-state index contributed by atoms with van der Waals surface area (Å²) in [7, 11) is 0. The van der Waals surface area contributed by atoms with Crippen LogP contribution in [-0.2, 0) is 6.54 Å². The number of nitrogens with zero attached hydrogens (tertiary/aromatic N) is 2. The summed E-state index contributed by atoms with van der Waals surface area (Å²) < 4.78 is 0. The molecule has 1 aromatic carbocycles. The molecule has 2 atom stereocenters. The Morgan fingerprint density at radius 3 is 2.81 bits per heavy atom. The lowest BCUT2D eigenvalue weighted by molar-refractivity contribution is 0.119. The van der Waals surface area contributed by atoms with E-state index >= 15 is 0 Å². The van der Waals surface area contributed by atoms with Gasteiger partial charge in [0.15, 0.2) is 0 Å². The van der Waals surface area contributed by atoms with Crippen LogP contribution in [-0.4, -0.2) is 29.0 Å². The molecule has 3 nitrogen and oxygen atoms in total. The molecule has 2 aromatic rings. The minimum absolute atomic E-state index is 0.426. The van der Waals surface area contributed by atoms with Crippen LogP contribution in [0.1, 0.15) is 34.8 Å². The second-order valence-corrected chi connectivity index (χ2v) is 7.05. The number of thiazole rings is 1. The fourth-order valence-corrected chi connectivity index (χ4v) is 3.82. The van der Waals surface area contributed by atoms with E-state index in [0.717, 1.165) is 19.6 Å². The molecule has 0 bridgehead atoms. The van der Waals surface area contributed by atoms with Gasteiger partial charge >= 0.3 is 0 Å². The van der Waals surface area contributed by atoms with Gasteiger partial charge in [-0.15, -0.1) is 11.3 Å². The van der Waals surface area contributed by atoms with Crippen molar-refractivity contribution in [3.05, 3.63) is 52.0 Å². The molecular formula is C17H23N3S. The highest BCUT2D eigenvalue weighted by atomic mass is 32.1. The van der Waals surface area contributed by atoms with Gasteiger partial charge in [0.2, 0.25) is 0 Å². The third kappa shape index (κ3) is 3.51. The maximum atomic E-state index is 4.53. The Labute approximate surface area is 131 Å². The van der Waals surface area contributed by atoms with E-state index in [4.69, 9.17) is 0 Å². The lowest BCUT2D eigenvalue weighted by Crippen LogP contribution is -2.51. The number of aromatic nitrogens is 1. The summed E-state index contributed by atoms with van der Waals surface area (Å²) in [5.74, 6) is 0. The first kappa shape index (κ1) is 14.7. The van der Waals surface area contributed by atoms with Gasteiger partial charge < -0.3 is 5.32 Å². The molecule has 0 radical (unpaired) electrons. The Bertz CT molecular complexity index is 566. The number of hydrogen-bond donors (Lipinski definition) is 1. The van der Waals surface area contributed by atoms with Crippen LogP contribution in [0.2, 0.25) is 0 Å². The number of piperazine rings is 1. The van der Waals surface area contributed by atoms with E-state index in [9.17, 15) is 0 Å². The molecule has 3 rings (SSSR count). The molecule has 1 N–H and O–H groups in total. The summed E-state index contributed by atoms with van der Waals surface area (Å²) in [6.07, 6.45) is 3.16. The van der Waals surface area contributed by atoms with Gasteiger partial charge in [-0.1, -0.05) is 37.3 Å². The van der Waals surface area contributed by atoms with E-state index in [1.165, 1.54) is 21.9 Å². The van der Waals surface area contributed by atoms with Crippen LogP contribution in [0.15, 0.2) is 36.5 Å². The zero-order chi connectivity index (χ0) is 14.7. The first-order valence-electron chi connectivity index (χ1n) is 7.70. The van der Waals surface area contributed by atoms with Gasteiger partial charge in [-0.3, -0.25) is 4.90 Å². The van der Waals surface area contributed by atoms with Crippen LogP contribution >= 0.6 is 11.3 Å². The zero-order valence-electron chi connectivity index (χ0n) is 12.7. The Balaban J connectivity index is 1.72. The monoisotopic (exact) mass is 301 g/mol. The van der Waals surface area contributed by atoms with Crippen LogP contribution in [0.25, 0.3) is 0 Å². The Morgan fingerprint density at radius 1 is 1.33 bits per heavy atom. The summed E-state index contributed by atoms with van der Waals surface area (Å²) in [5, 5.41) is 4.93. The molecule has 0 amide bonds. The van der Waals surface area contributed by atoms with Gasteiger partial charge in [0.05, 0.1) is 6.54 Å². The fraction of sp³-hybridized carbons (Fsp3) is 0.471. The third-order valence-electron chi connectivity index (χ3n) is 4.21. The zero-order valence-corrected chi connectivity index (χ0v) is 13.6. The van der Waals surface area contributed by atoms with Crippen molar-refractivity contribution in [3.8, 4) is 0 Å². The number of nitrogens with one attached hydrogen (secondary N) is 1. The highest BCUT2D eigenvalue weighted by molar-refractivity contribution is 7.11. The smallest absolute Gasteiger partial charge is 0.107 e. The van der Waals surface area contributed by atoms with E-state index < -0.39 is 0 Å². The van der Waals surface area contributed by atoms with Crippen LogP contribution < -0.4 is 5.32 Å². The van der Waals surface area contributed by atoms with Gasteiger partial charge in [-0.05, 0) is 18.9 Å². The largest absolute Gasteiger partial charge is 0.307 e. The minimum atomic E-state index is 0.426. The molecule has 0 saturated carbocycles. The molecule has 0 spiro atoms. The van der Waals surface area contributed by atoms with E-state index in [1.54, 1.807) is 0 Å². The number of hydrogen-bond acceptors (Lipinski definition) is 4. The molecule has 2 unspecified atom stereocenters. The van der Waals surface area contributed by atoms with Crippen LogP contribution in [0.4, 0.5) is 0 Å². The van der Waals surface area contributed by atoms with Gasteiger partial charge in [0, 0.05) is 36.2 Å². The molecule has 1 aromatic heterocycles. The molecule has 1 aliphatic heterocycles. The second-order valence-electron chi connectivity index (χ2n) is 5.73. The second kappa shape index (κ2) is 6.69. The maximum absolute atomic E-state index is 4.53. The Hall–Kier alpha value is -1.23. The molecule has 4 heteroatoms. The average molecular weight is 301 g/mol. The van der Waals surface area contributed by atoms with Crippen molar-refractivity contribution in [2.75, 3.05) is 13.1 Å². The Morgan fingerprint density at radius 2 is 2.14 bits per heavy atom. The molecule has 1 saturated heterocycles. The van der Waals surface area contributed by atoms with Crippen molar-refractivity contribution in [1.82, 2.24) is 15.2 Å². The van der Waals surface area contributed by atoms with Crippen molar-refractivity contribution in [3.63, 3.8) is 0 Å². The predicted octanol–water partition coefficient (Wildman–Crippen LogP) is 3.38. The van der Waals surface area contributed by atoms with E-state index in [2.05, 4.69) is 59.4 Å². The minimum Gasteiger partial charge on any atom is -0.307 e. The number of benzene rings is 1. The van der Waals surface area contributed by atoms with Crippen molar-refractivity contribution in [2.45, 2.75) is 38.9 Å². The summed E-state index contributed by atoms with van der Waals surface area (Å²) in [5.41, 5.74) is 1.38. The SMILES string of the molecule is CCC1CNC(c2ccccc2)CN1Cc1ncc(C)s1. The topological polar surface area (TPSA) is 28.2 Å². The summed E-state index contributed by atoms with van der Waals surface area (Å²) in [4.78, 5) is 8.42. The predicted molar refractivity (Wildman–Crippen MR) is 88.5 cm³/mol. The normalized spacial score (nSPS) is 23.3. The van der Waals surface area contributed by atoms with Crippen molar-refractivity contribution >= 4 is 11.3 Å². The maximum Gasteiger partial charge on any atom is 0.107 e. The molecule has 1 fully saturated rings. The highest BCUT2D eigenvalue weighted by Crippen LogP contribution is 2.24. The third-order valence-corrected chi connectivity index (χ3v) is 5.11. The number of rotatable bonds is 4. The fourth-order valence-electron chi connectivity index (χ4n) is 3.01. The van der Waals surface area contributed by atoms with E-state index in [0.29, 0.717) is 12.1 Å². The van der Waals surface area contributed by atoms with Crippen molar-refractivity contribution in [2.24, 2.45) is 0 Å². The molecule has 2 heterocycles. The molecule has 112 valence electrons. The van der Waals surface area contributed by atoms with Crippen LogP contribution in [0.5, 0.6) is 0 Å². The van der Waals surface area contributed by atoms with Gasteiger partial charge in [-0.25, -0.2) is 4.98 Å². The lowest BCUT2D eigenvalue weighted by atomic mass is 10.0. The molecule has 0 aliphatic carbocycles. The van der Waals surface area contributed by atoms with Gasteiger partial charge in [0.25, 0.3) is 0 Å². The molecule has 21 heavy (non-hydrogen) atoms. The first-order chi connectivity index (χ1) is 10.3. The molecule has 1 aliphatic rings. The summed E-state index contributed by atoms with van der Waals surface area (Å²) in [6, 6.07) is 11.8. The van der Waals surface area contributed by atoms with Gasteiger partial charge in [0.1, 0.15) is 5.01 Å². The standard InChI is InChI=1S/C17H23N3S/c1-3-15-10-18-16(14-7-5-4-6-8-14)11-20(15)12-17-19-9-13(2)21-17/h4-9,15-16,18H,3,10-12H2,1-2H3. The van der Waals surface area contributed by atoms with Crippen LogP contribution in [0, 0.1) is 6.92 Å². The quantitative estimate of drug-likeness (QED) is 0.938. The average Bonchev–Trinajstić information content (AvgIpc) is 2.93. The van der Waals surface area contributed by atoms with Gasteiger partial charge in [-0.2, -0.15) is 0 Å². The highest BCUT2D eigenvalue weighted by Gasteiger charge is 2.28. The van der Waals surface area contributed by atoms with E-state index in [-0.39, 0.29) is 0 Å². The lowest BCUT2D eigenvalue weighted by Gasteiger charge is -2.40.